The van der Waals surface area contributed by atoms with Gasteiger partial charge in [-0.1, -0.05) is 99.8 Å². The molecule has 7 nitrogen and oxygen atoms in total. The molecule has 0 aliphatic carbocycles. The second-order valence-electron chi connectivity index (χ2n) is 9.42. The van der Waals surface area contributed by atoms with Crippen LogP contribution in [0.4, 0.5) is 5.69 Å². The molecule has 4 aromatic carbocycles. The second kappa shape index (κ2) is 14.2. The van der Waals surface area contributed by atoms with E-state index in [4.69, 9.17) is 23.2 Å². The van der Waals surface area contributed by atoms with Gasteiger partial charge in [-0.05, 0) is 53.6 Å². The Morgan fingerprint density at radius 2 is 1.40 bits per heavy atom. The first-order chi connectivity index (χ1) is 20.1. The fourth-order valence-corrected chi connectivity index (χ4v) is 6.64. The zero-order chi connectivity index (χ0) is 30.3. The van der Waals surface area contributed by atoms with Gasteiger partial charge in [0.25, 0.3) is 10.0 Å². The van der Waals surface area contributed by atoms with Gasteiger partial charge in [0, 0.05) is 34.5 Å². The van der Waals surface area contributed by atoms with E-state index in [1.165, 1.54) is 42.3 Å². The van der Waals surface area contributed by atoms with Crippen LogP contribution in [0.25, 0.3) is 0 Å². The van der Waals surface area contributed by atoms with Gasteiger partial charge in [0.05, 0.1) is 10.6 Å². The van der Waals surface area contributed by atoms with Gasteiger partial charge in [-0.3, -0.25) is 13.9 Å². The highest BCUT2D eigenvalue weighted by molar-refractivity contribution is 9.10. The van der Waals surface area contributed by atoms with Crippen LogP contribution in [0.1, 0.15) is 11.1 Å². The molecule has 0 saturated heterocycles. The fourth-order valence-electron chi connectivity index (χ4n) is 4.44. The Balaban J connectivity index is 1.80. The van der Waals surface area contributed by atoms with E-state index in [1.54, 1.807) is 18.2 Å². The molecular formula is C31H28BrCl2N3O4S. The van der Waals surface area contributed by atoms with Gasteiger partial charge >= 0.3 is 0 Å². The zero-order valence-corrected chi connectivity index (χ0v) is 26.5. The van der Waals surface area contributed by atoms with Gasteiger partial charge in [0.2, 0.25) is 11.8 Å². The average Bonchev–Trinajstić information content (AvgIpc) is 2.98. The Morgan fingerprint density at radius 3 is 1.98 bits per heavy atom. The lowest BCUT2D eigenvalue weighted by Crippen LogP contribution is -2.53. The monoisotopic (exact) mass is 687 g/mol. The molecule has 1 N–H and O–H groups in total. The number of carbonyl (C=O) groups excluding carboxylic acids is 2. The molecule has 42 heavy (non-hydrogen) atoms. The van der Waals surface area contributed by atoms with Crippen molar-refractivity contribution in [2.24, 2.45) is 0 Å². The number of nitrogens with zero attached hydrogens (tertiary/aromatic N) is 2. The largest absolute Gasteiger partial charge is 0.357 e. The average molecular weight is 689 g/mol. The molecule has 0 bridgehead atoms. The molecule has 11 heteroatoms. The second-order valence-corrected chi connectivity index (χ2v) is 13.1. The molecule has 0 spiro atoms. The zero-order valence-electron chi connectivity index (χ0n) is 22.6. The Bertz CT molecular complexity index is 1620. The molecule has 1 atom stereocenters. The molecule has 218 valence electrons. The van der Waals surface area contributed by atoms with Gasteiger partial charge in [-0.25, -0.2) is 8.42 Å². The molecule has 0 heterocycles. The molecule has 4 aromatic rings. The first kappa shape index (κ1) is 31.6. The quantitative estimate of drug-likeness (QED) is 0.199. The van der Waals surface area contributed by atoms with Crippen LogP contribution in [0.3, 0.4) is 0 Å². The molecule has 0 unspecified atom stereocenters. The molecular weight excluding hydrogens is 661 g/mol. The van der Waals surface area contributed by atoms with Crippen molar-refractivity contribution >= 4 is 66.7 Å². The molecule has 0 saturated carbocycles. The summed E-state index contributed by atoms with van der Waals surface area (Å²) in [6.45, 7) is -0.542. The van der Waals surface area contributed by atoms with Crippen molar-refractivity contribution in [1.29, 1.82) is 0 Å². The number of amides is 2. The third kappa shape index (κ3) is 7.92. The van der Waals surface area contributed by atoms with Crippen molar-refractivity contribution < 1.29 is 18.0 Å². The number of hydrogen-bond donors (Lipinski definition) is 1. The molecule has 0 aromatic heterocycles. The number of nitrogens with one attached hydrogen (secondary N) is 1. The minimum atomic E-state index is -4.24. The van der Waals surface area contributed by atoms with E-state index < -0.39 is 28.5 Å². The van der Waals surface area contributed by atoms with Crippen LogP contribution in [0, 0.1) is 0 Å². The first-order valence-electron chi connectivity index (χ1n) is 12.9. The van der Waals surface area contributed by atoms with Crippen LogP contribution < -0.4 is 9.62 Å². The topological polar surface area (TPSA) is 86.8 Å². The number of benzene rings is 4. The maximum Gasteiger partial charge on any atom is 0.264 e. The van der Waals surface area contributed by atoms with Crippen LogP contribution in [0.15, 0.2) is 112 Å². The molecule has 0 radical (unpaired) electrons. The number of carbonyl (C=O) groups is 2. The summed E-state index contributed by atoms with van der Waals surface area (Å²) in [5, 5.41) is 3.08. The van der Waals surface area contributed by atoms with Crippen molar-refractivity contribution in [2.75, 3.05) is 17.9 Å². The van der Waals surface area contributed by atoms with Gasteiger partial charge < -0.3 is 10.2 Å². The minimum Gasteiger partial charge on any atom is -0.357 e. The smallest absolute Gasteiger partial charge is 0.264 e. The number of likely N-dealkylation sites (N-methyl/N-ethyl adjacent to an activating group) is 1. The van der Waals surface area contributed by atoms with Crippen LogP contribution in [0.5, 0.6) is 0 Å². The lowest BCUT2D eigenvalue weighted by molar-refractivity contribution is -0.139. The maximum absolute atomic E-state index is 14.3. The summed E-state index contributed by atoms with van der Waals surface area (Å²) in [6.07, 6.45) is 0.219. The number of hydrogen-bond acceptors (Lipinski definition) is 4. The normalized spacial score (nSPS) is 11.9. The summed E-state index contributed by atoms with van der Waals surface area (Å²) in [7, 11) is -2.74. The third-order valence-corrected chi connectivity index (χ3v) is 9.28. The van der Waals surface area contributed by atoms with Crippen LogP contribution in [-0.4, -0.2) is 44.8 Å². The summed E-state index contributed by atoms with van der Waals surface area (Å²) in [5.41, 5.74) is 1.72. The van der Waals surface area contributed by atoms with E-state index in [9.17, 15) is 18.0 Å². The van der Waals surface area contributed by atoms with Crippen molar-refractivity contribution in [3.63, 3.8) is 0 Å². The van der Waals surface area contributed by atoms with Crippen LogP contribution >= 0.6 is 39.1 Å². The Labute approximate surface area is 264 Å². The van der Waals surface area contributed by atoms with Crippen molar-refractivity contribution in [3.8, 4) is 0 Å². The van der Waals surface area contributed by atoms with Crippen molar-refractivity contribution in [1.82, 2.24) is 10.2 Å². The van der Waals surface area contributed by atoms with E-state index in [1.807, 2.05) is 54.6 Å². The predicted molar refractivity (Wildman–Crippen MR) is 170 cm³/mol. The number of rotatable bonds is 11. The summed E-state index contributed by atoms with van der Waals surface area (Å²) < 4.78 is 29.7. The Morgan fingerprint density at radius 1 is 0.833 bits per heavy atom. The van der Waals surface area contributed by atoms with Gasteiger partial charge in [0.1, 0.15) is 12.6 Å². The molecule has 0 fully saturated rings. The van der Waals surface area contributed by atoms with Gasteiger partial charge in [-0.15, -0.1) is 0 Å². The summed E-state index contributed by atoms with van der Waals surface area (Å²) in [4.78, 5) is 29.0. The minimum absolute atomic E-state index is 0.0134. The number of halogens is 3. The number of sulfonamides is 1. The van der Waals surface area contributed by atoms with Gasteiger partial charge in [0.15, 0.2) is 0 Å². The summed E-state index contributed by atoms with van der Waals surface area (Å²) in [5.74, 6) is -0.967. The highest BCUT2D eigenvalue weighted by Gasteiger charge is 2.34. The Hall–Kier alpha value is -3.37. The summed E-state index contributed by atoms with van der Waals surface area (Å²) >= 11 is 15.9. The SMILES string of the molecule is CNC(=O)[C@H](Cc1ccccc1)N(Cc1ccc(Br)cc1)C(=O)CN(c1cc(Cl)cc(Cl)c1)S(=O)(=O)c1ccccc1. The standard InChI is InChI=1S/C31H28BrCl2N3O4S/c1-35-31(39)29(16-22-8-4-2-5-9-22)36(20-23-12-14-24(32)15-13-23)30(38)21-37(27-18-25(33)17-26(34)19-27)42(40,41)28-10-6-3-7-11-28/h2-15,17-19,29H,16,20-21H2,1H3,(H,35,39)/t29-/m0/s1. The first-order valence-corrected chi connectivity index (χ1v) is 15.9. The molecule has 4 rings (SSSR count). The van der Waals surface area contributed by atoms with Crippen LogP contribution in [0.2, 0.25) is 10.0 Å². The lowest BCUT2D eigenvalue weighted by atomic mass is 10.0. The predicted octanol–water partition coefficient (Wildman–Crippen LogP) is 6.34. The van der Waals surface area contributed by atoms with Crippen molar-refractivity contribution in [3.05, 3.63) is 129 Å². The maximum atomic E-state index is 14.3. The van der Waals surface area contributed by atoms with Crippen molar-refractivity contribution in [2.45, 2.75) is 23.9 Å². The van der Waals surface area contributed by atoms with E-state index >= 15 is 0 Å². The highest BCUT2D eigenvalue weighted by Crippen LogP contribution is 2.30. The third-order valence-electron chi connectivity index (χ3n) is 6.53. The van der Waals surface area contributed by atoms with E-state index in [-0.39, 0.29) is 39.5 Å². The van der Waals surface area contributed by atoms with E-state index in [2.05, 4.69) is 21.2 Å². The van der Waals surface area contributed by atoms with Gasteiger partial charge in [-0.2, -0.15) is 0 Å². The van der Waals surface area contributed by atoms with E-state index in [0.717, 1.165) is 19.9 Å². The summed E-state index contributed by atoms with van der Waals surface area (Å²) in [6, 6.07) is 27.9. The molecule has 0 aliphatic rings. The number of anilines is 1. The molecule has 0 aliphatic heterocycles. The highest BCUT2D eigenvalue weighted by atomic mass is 79.9. The lowest BCUT2D eigenvalue weighted by Gasteiger charge is -2.33. The fraction of sp³-hybridized carbons (Fsp3) is 0.161. The van der Waals surface area contributed by atoms with E-state index in [0.29, 0.717) is 0 Å². The molecule has 2 amide bonds. The van der Waals surface area contributed by atoms with Crippen LogP contribution in [-0.2, 0) is 32.6 Å². The Kier molecular flexibility index (Phi) is 10.7.